The largest absolute Gasteiger partial charge is 0.478 e. The van der Waals surface area contributed by atoms with E-state index in [0.717, 1.165) is 11.3 Å². The molecular weight excluding hydrogens is 402 g/mol. The van der Waals surface area contributed by atoms with Gasteiger partial charge in [0.15, 0.2) is 0 Å². The minimum atomic E-state index is -3.81. The first-order valence-electron chi connectivity index (χ1n) is 9.22. The van der Waals surface area contributed by atoms with Crippen LogP contribution in [0.3, 0.4) is 0 Å². The monoisotopic (exact) mass is 421 g/mol. The normalized spacial score (nSPS) is 16.4. The number of carboxylic acid groups (broad SMARTS) is 1. The Hall–Kier alpha value is -3.49. The molecule has 0 fully saturated rings. The highest BCUT2D eigenvalue weighted by Gasteiger charge is 2.32. The van der Waals surface area contributed by atoms with Crippen molar-refractivity contribution in [1.29, 1.82) is 0 Å². The van der Waals surface area contributed by atoms with Crippen molar-refractivity contribution < 1.29 is 18.3 Å². The van der Waals surface area contributed by atoms with Crippen molar-refractivity contribution in [3.63, 3.8) is 0 Å². The second kappa shape index (κ2) is 7.74. The summed E-state index contributed by atoms with van der Waals surface area (Å²) in [6.07, 6.45) is 0.505. The molecule has 0 aliphatic carbocycles. The SMILES string of the molecule is NS(=O)(=O)c1ccc(N2N=C(c3ccccc3)C[C@H]2c2ccccc2C(=O)O)cc1. The number of carboxylic acids is 1. The summed E-state index contributed by atoms with van der Waals surface area (Å²) in [7, 11) is -3.81. The van der Waals surface area contributed by atoms with Crippen LogP contribution < -0.4 is 10.1 Å². The van der Waals surface area contributed by atoms with Crippen molar-refractivity contribution in [2.75, 3.05) is 5.01 Å². The summed E-state index contributed by atoms with van der Waals surface area (Å²) in [6.45, 7) is 0. The fraction of sp³-hybridized carbons (Fsp3) is 0.0909. The number of nitrogens with two attached hydrogens (primary N) is 1. The number of primary sulfonamides is 1. The molecule has 0 saturated heterocycles. The third-order valence-corrected chi connectivity index (χ3v) is 5.93. The van der Waals surface area contributed by atoms with Crippen LogP contribution in [0.2, 0.25) is 0 Å². The fourth-order valence-corrected chi connectivity index (χ4v) is 4.08. The van der Waals surface area contributed by atoms with Crippen LogP contribution in [0.4, 0.5) is 5.69 Å². The summed E-state index contributed by atoms with van der Waals surface area (Å²) in [5.41, 5.74) is 3.24. The second-order valence-electron chi connectivity index (χ2n) is 6.91. The maximum absolute atomic E-state index is 11.8. The fourth-order valence-electron chi connectivity index (χ4n) is 3.57. The molecule has 0 radical (unpaired) electrons. The number of benzene rings is 3. The quantitative estimate of drug-likeness (QED) is 0.656. The Morgan fingerprint density at radius 1 is 0.967 bits per heavy atom. The van der Waals surface area contributed by atoms with E-state index in [4.69, 9.17) is 10.2 Å². The zero-order valence-electron chi connectivity index (χ0n) is 15.8. The first kappa shape index (κ1) is 19.8. The van der Waals surface area contributed by atoms with E-state index in [2.05, 4.69) is 0 Å². The van der Waals surface area contributed by atoms with E-state index < -0.39 is 16.0 Å². The van der Waals surface area contributed by atoms with Crippen molar-refractivity contribution in [1.82, 2.24) is 0 Å². The lowest BCUT2D eigenvalue weighted by atomic mass is 9.94. The number of aromatic carboxylic acids is 1. The Bertz CT molecular complexity index is 1220. The maximum Gasteiger partial charge on any atom is 0.336 e. The molecule has 1 aliphatic heterocycles. The van der Waals surface area contributed by atoms with Gasteiger partial charge in [0.05, 0.1) is 27.9 Å². The highest BCUT2D eigenvalue weighted by molar-refractivity contribution is 7.89. The zero-order chi connectivity index (χ0) is 21.3. The van der Waals surface area contributed by atoms with E-state index in [1.807, 2.05) is 30.3 Å². The van der Waals surface area contributed by atoms with Crippen molar-refractivity contribution in [3.8, 4) is 0 Å². The van der Waals surface area contributed by atoms with Crippen LogP contribution in [-0.2, 0) is 10.0 Å². The first-order valence-corrected chi connectivity index (χ1v) is 10.8. The molecular formula is C22H19N3O4S. The highest BCUT2D eigenvalue weighted by atomic mass is 32.2. The Kier molecular flexibility index (Phi) is 5.11. The van der Waals surface area contributed by atoms with Gasteiger partial charge in [0.2, 0.25) is 10.0 Å². The molecule has 4 rings (SSSR count). The molecule has 0 spiro atoms. The molecule has 0 bridgehead atoms. The van der Waals surface area contributed by atoms with E-state index in [1.54, 1.807) is 41.4 Å². The molecule has 3 aromatic rings. The van der Waals surface area contributed by atoms with Crippen molar-refractivity contribution in [3.05, 3.63) is 95.6 Å². The van der Waals surface area contributed by atoms with Crippen molar-refractivity contribution in [2.24, 2.45) is 10.2 Å². The van der Waals surface area contributed by atoms with E-state index in [-0.39, 0.29) is 16.5 Å². The lowest BCUT2D eigenvalue weighted by Gasteiger charge is -2.25. The number of hydrogen-bond donors (Lipinski definition) is 2. The van der Waals surface area contributed by atoms with Gasteiger partial charge in [-0.2, -0.15) is 5.10 Å². The van der Waals surface area contributed by atoms with Gasteiger partial charge < -0.3 is 5.11 Å². The topological polar surface area (TPSA) is 113 Å². The standard InChI is InChI=1S/C22H19N3O4S/c23-30(28,29)17-12-10-16(11-13-17)25-21(18-8-4-5-9-19(18)22(26)27)14-20(24-25)15-6-2-1-3-7-15/h1-13,21H,14H2,(H,26,27)(H2,23,28,29)/t21-/m0/s1. The van der Waals surface area contributed by atoms with Gasteiger partial charge in [-0.15, -0.1) is 0 Å². The molecule has 1 aliphatic rings. The predicted molar refractivity (Wildman–Crippen MR) is 114 cm³/mol. The van der Waals surface area contributed by atoms with Crippen LogP contribution in [0.1, 0.15) is 33.9 Å². The van der Waals surface area contributed by atoms with Crippen LogP contribution >= 0.6 is 0 Å². The molecule has 30 heavy (non-hydrogen) atoms. The predicted octanol–water partition coefficient (Wildman–Crippen LogP) is 3.39. The van der Waals surface area contributed by atoms with Gasteiger partial charge in [0, 0.05) is 6.42 Å². The van der Waals surface area contributed by atoms with Crippen molar-refractivity contribution in [2.45, 2.75) is 17.4 Å². The Morgan fingerprint density at radius 3 is 2.23 bits per heavy atom. The number of hydrazone groups is 1. The number of nitrogens with zero attached hydrogens (tertiary/aromatic N) is 2. The summed E-state index contributed by atoms with van der Waals surface area (Å²) >= 11 is 0. The zero-order valence-corrected chi connectivity index (χ0v) is 16.7. The Balaban J connectivity index is 1.80. The summed E-state index contributed by atoms with van der Waals surface area (Å²) in [6, 6.07) is 22.2. The molecule has 152 valence electrons. The van der Waals surface area contributed by atoms with Gasteiger partial charge in [0.1, 0.15) is 0 Å². The average Bonchev–Trinajstić information content (AvgIpc) is 3.19. The van der Waals surface area contributed by atoms with Crippen LogP contribution in [0.25, 0.3) is 0 Å². The van der Waals surface area contributed by atoms with E-state index in [9.17, 15) is 18.3 Å². The molecule has 1 atom stereocenters. The molecule has 0 amide bonds. The third kappa shape index (κ3) is 3.83. The second-order valence-corrected chi connectivity index (χ2v) is 8.47. The third-order valence-electron chi connectivity index (χ3n) is 5.00. The molecule has 0 aromatic heterocycles. The van der Waals surface area contributed by atoms with E-state index in [0.29, 0.717) is 17.7 Å². The summed E-state index contributed by atoms with van der Waals surface area (Å²) in [5.74, 6) is -1.01. The number of sulfonamides is 1. The molecule has 3 N–H and O–H groups in total. The minimum Gasteiger partial charge on any atom is -0.478 e. The summed E-state index contributed by atoms with van der Waals surface area (Å²) in [5, 5.41) is 21.3. The number of hydrogen-bond acceptors (Lipinski definition) is 5. The Morgan fingerprint density at radius 2 is 1.60 bits per heavy atom. The molecule has 1 heterocycles. The average molecular weight is 421 g/mol. The number of anilines is 1. The van der Waals surface area contributed by atoms with Gasteiger partial charge >= 0.3 is 5.97 Å². The lowest BCUT2D eigenvalue weighted by molar-refractivity contribution is 0.0695. The van der Waals surface area contributed by atoms with Gasteiger partial charge in [-0.3, -0.25) is 5.01 Å². The van der Waals surface area contributed by atoms with E-state index >= 15 is 0 Å². The number of rotatable bonds is 5. The lowest BCUT2D eigenvalue weighted by Crippen LogP contribution is -2.21. The summed E-state index contributed by atoms with van der Waals surface area (Å²) < 4.78 is 23.2. The van der Waals surface area contributed by atoms with Gasteiger partial charge in [-0.25, -0.2) is 18.4 Å². The van der Waals surface area contributed by atoms with Crippen LogP contribution in [0, 0.1) is 0 Å². The maximum atomic E-state index is 11.8. The van der Waals surface area contributed by atoms with Crippen molar-refractivity contribution >= 4 is 27.4 Å². The molecule has 8 heteroatoms. The number of carbonyl (C=O) groups is 1. The molecule has 7 nitrogen and oxygen atoms in total. The molecule has 3 aromatic carbocycles. The Labute approximate surface area is 174 Å². The minimum absolute atomic E-state index is 0.000181. The first-order chi connectivity index (χ1) is 14.3. The van der Waals surface area contributed by atoms with Gasteiger partial charge in [-0.05, 0) is 41.5 Å². The van der Waals surface area contributed by atoms with Gasteiger partial charge in [0.25, 0.3) is 0 Å². The van der Waals surface area contributed by atoms with Crippen LogP contribution in [0.5, 0.6) is 0 Å². The van der Waals surface area contributed by atoms with Crippen LogP contribution in [-0.4, -0.2) is 25.2 Å². The smallest absolute Gasteiger partial charge is 0.336 e. The van der Waals surface area contributed by atoms with Crippen LogP contribution in [0.15, 0.2) is 88.9 Å². The highest BCUT2D eigenvalue weighted by Crippen LogP contribution is 2.38. The summed E-state index contributed by atoms with van der Waals surface area (Å²) in [4.78, 5) is 11.8. The molecule has 0 saturated carbocycles. The van der Waals surface area contributed by atoms with Gasteiger partial charge in [-0.1, -0.05) is 48.5 Å². The molecule has 0 unspecified atom stereocenters. The van der Waals surface area contributed by atoms with E-state index in [1.165, 1.54) is 12.1 Å².